The lowest BCUT2D eigenvalue weighted by Gasteiger charge is -2.28. The molecule has 0 aliphatic heterocycles. The Morgan fingerprint density at radius 2 is 1.23 bits per heavy atom. The fourth-order valence-corrected chi connectivity index (χ4v) is 2.90. The van der Waals surface area contributed by atoms with Crippen LogP contribution in [0, 0.1) is 0 Å². The van der Waals surface area contributed by atoms with Crippen LogP contribution in [-0.4, -0.2) is 53.5 Å². The summed E-state index contributed by atoms with van der Waals surface area (Å²) in [5, 5.41) is 40.1. The standard InChI is InChI=1S/C20H26O6/c1-25-15-7-3-13(4-8-15)17(20(24)19(23)12-21)11-18(22)14-5-9-16(26-2)10-6-14/h3-10,17-24H,11-12H2,1-2H3/t17-,18?,19?,20-/m0/s1. The lowest BCUT2D eigenvalue weighted by Crippen LogP contribution is -2.35. The minimum absolute atomic E-state index is 0.177. The third kappa shape index (κ3) is 4.95. The van der Waals surface area contributed by atoms with Crippen molar-refractivity contribution in [1.29, 1.82) is 0 Å². The molecule has 2 rings (SSSR count). The third-order valence-corrected chi connectivity index (χ3v) is 4.52. The number of ether oxygens (including phenoxy) is 2. The van der Waals surface area contributed by atoms with Crippen LogP contribution in [0.4, 0.5) is 0 Å². The minimum Gasteiger partial charge on any atom is -0.497 e. The molecule has 6 nitrogen and oxygen atoms in total. The zero-order chi connectivity index (χ0) is 19.1. The minimum atomic E-state index is -1.30. The van der Waals surface area contributed by atoms with Crippen LogP contribution in [0.15, 0.2) is 48.5 Å². The molecule has 26 heavy (non-hydrogen) atoms. The van der Waals surface area contributed by atoms with Gasteiger partial charge in [0, 0.05) is 5.92 Å². The summed E-state index contributed by atoms with van der Waals surface area (Å²) in [6.07, 6.45) is -3.20. The monoisotopic (exact) mass is 362 g/mol. The summed E-state index contributed by atoms with van der Waals surface area (Å²) in [4.78, 5) is 0. The molecule has 6 heteroatoms. The predicted molar refractivity (Wildman–Crippen MR) is 97.4 cm³/mol. The number of aliphatic hydroxyl groups is 4. The van der Waals surface area contributed by atoms with Crippen molar-refractivity contribution in [2.24, 2.45) is 0 Å². The molecule has 2 aromatic carbocycles. The van der Waals surface area contributed by atoms with Crippen molar-refractivity contribution >= 4 is 0 Å². The lowest BCUT2D eigenvalue weighted by molar-refractivity contribution is -0.0348. The summed E-state index contributed by atoms with van der Waals surface area (Å²) in [5.74, 6) is 0.781. The van der Waals surface area contributed by atoms with Crippen molar-refractivity contribution in [2.45, 2.75) is 30.7 Å². The van der Waals surface area contributed by atoms with Gasteiger partial charge in [0.1, 0.15) is 17.6 Å². The topological polar surface area (TPSA) is 99.4 Å². The largest absolute Gasteiger partial charge is 0.497 e. The van der Waals surface area contributed by atoms with Crippen molar-refractivity contribution in [3.8, 4) is 11.5 Å². The van der Waals surface area contributed by atoms with E-state index in [2.05, 4.69) is 0 Å². The lowest BCUT2D eigenvalue weighted by atomic mass is 9.84. The first-order chi connectivity index (χ1) is 12.5. The van der Waals surface area contributed by atoms with Gasteiger partial charge < -0.3 is 29.9 Å². The maximum atomic E-state index is 10.6. The molecule has 2 unspecified atom stereocenters. The highest BCUT2D eigenvalue weighted by molar-refractivity contribution is 5.32. The van der Waals surface area contributed by atoms with E-state index in [1.807, 2.05) is 0 Å². The SMILES string of the molecule is COc1ccc(C(O)C[C@@H](c2ccc(OC)cc2)[C@H](O)C(O)CO)cc1. The van der Waals surface area contributed by atoms with Gasteiger partial charge in [-0.1, -0.05) is 24.3 Å². The molecule has 0 radical (unpaired) electrons. The van der Waals surface area contributed by atoms with Crippen molar-refractivity contribution < 1.29 is 29.9 Å². The number of methoxy groups -OCH3 is 2. The van der Waals surface area contributed by atoms with Gasteiger partial charge in [0.25, 0.3) is 0 Å². The third-order valence-electron chi connectivity index (χ3n) is 4.52. The van der Waals surface area contributed by atoms with Crippen LogP contribution in [-0.2, 0) is 0 Å². The maximum Gasteiger partial charge on any atom is 0.118 e. The summed E-state index contributed by atoms with van der Waals surface area (Å²) >= 11 is 0. The van der Waals surface area contributed by atoms with Crippen LogP contribution in [0.1, 0.15) is 29.6 Å². The average Bonchev–Trinajstić information content (AvgIpc) is 2.70. The molecule has 0 spiro atoms. The van der Waals surface area contributed by atoms with E-state index in [-0.39, 0.29) is 6.42 Å². The van der Waals surface area contributed by atoms with Crippen LogP contribution < -0.4 is 9.47 Å². The highest BCUT2D eigenvalue weighted by Crippen LogP contribution is 2.33. The normalized spacial score (nSPS) is 15.8. The predicted octanol–water partition coefficient (Wildman–Crippen LogP) is 1.63. The summed E-state index contributed by atoms with van der Waals surface area (Å²) in [5.41, 5.74) is 1.41. The second kappa shape index (κ2) is 9.54. The summed E-state index contributed by atoms with van der Waals surface area (Å²) < 4.78 is 10.2. The van der Waals surface area contributed by atoms with E-state index < -0.39 is 30.8 Å². The summed E-state index contributed by atoms with van der Waals surface area (Å²) in [6.45, 7) is -0.563. The Morgan fingerprint density at radius 3 is 1.65 bits per heavy atom. The van der Waals surface area contributed by atoms with Gasteiger partial charge in [-0.05, 0) is 41.8 Å². The fourth-order valence-electron chi connectivity index (χ4n) is 2.90. The highest BCUT2D eigenvalue weighted by Gasteiger charge is 2.29. The van der Waals surface area contributed by atoms with Crippen LogP contribution in [0.5, 0.6) is 11.5 Å². The van der Waals surface area contributed by atoms with Crippen LogP contribution in [0.25, 0.3) is 0 Å². The Bertz CT molecular complexity index is 655. The van der Waals surface area contributed by atoms with Crippen LogP contribution in [0.2, 0.25) is 0 Å². The van der Waals surface area contributed by atoms with Crippen molar-refractivity contribution in [2.75, 3.05) is 20.8 Å². The molecular weight excluding hydrogens is 336 g/mol. The first-order valence-electron chi connectivity index (χ1n) is 8.43. The van der Waals surface area contributed by atoms with Gasteiger partial charge in [-0.15, -0.1) is 0 Å². The zero-order valence-corrected chi connectivity index (χ0v) is 14.9. The maximum absolute atomic E-state index is 10.6. The van der Waals surface area contributed by atoms with Crippen LogP contribution in [0.3, 0.4) is 0 Å². The molecule has 142 valence electrons. The molecule has 0 aliphatic carbocycles. The molecule has 4 atom stereocenters. The Kier molecular flexibility index (Phi) is 7.41. The van der Waals surface area contributed by atoms with Crippen molar-refractivity contribution in [3.05, 3.63) is 59.7 Å². The Balaban J connectivity index is 2.23. The van der Waals surface area contributed by atoms with E-state index in [0.717, 1.165) is 5.56 Å². The van der Waals surface area contributed by atoms with Crippen molar-refractivity contribution in [3.63, 3.8) is 0 Å². The average molecular weight is 362 g/mol. The fraction of sp³-hybridized carbons (Fsp3) is 0.400. The molecule has 0 aromatic heterocycles. The molecule has 0 amide bonds. The van der Waals surface area contributed by atoms with Gasteiger partial charge in [0.2, 0.25) is 0 Å². The molecule has 0 heterocycles. The number of benzene rings is 2. The summed E-state index contributed by atoms with van der Waals surface area (Å²) in [7, 11) is 3.13. The first kappa shape index (κ1) is 20.2. The first-order valence-corrected chi connectivity index (χ1v) is 8.43. The quantitative estimate of drug-likeness (QED) is 0.541. The number of hydrogen-bond acceptors (Lipinski definition) is 6. The molecule has 0 fully saturated rings. The van der Waals surface area contributed by atoms with Gasteiger partial charge >= 0.3 is 0 Å². The summed E-state index contributed by atoms with van der Waals surface area (Å²) in [6, 6.07) is 14.1. The Morgan fingerprint density at radius 1 is 0.769 bits per heavy atom. The second-order valence-electron chi connectivity index (χ2n) is 6.14. The molecule has 0 bridgehead atoms. The van der Waals surface area contributed by atoms with Gasteiger partial charge in [-0.3, -0.25) is 0 Å². The zero-order valence-electron chi connectivity index (χ0n) is 14.9. The van der Waals surface area contributed by atoms with E-state index in [1.54, 1.807) is 62.8 Å². The van der Waals surface area contributed by atoms with Gasteiger partial charge in [0.15, 0.2) is 0 Å². The van der Waals surface area contributed by atoms with E-state index in [1.165, 1.54) is 0 Å². The molecule has 4 N–H and O–H groups in total. The van der Waals surface area contributed by atoms with E-state index in [4.69, 9.17) is 9.47 Å². The Hall–Kier alpha value is -2.12. The molecular formula is C20H26O6. The van der Waals surface area contributed by atoms with Crippen LogP contribution >= 0.6 is 0 Å². The molecule has 0 saturated carbocycles. The van der Waals surface area contributed by atoms with Gasteiger partial charge in [-0.25, -0.2) is 0 Å². The Labute approximate surface area is 153 Å². The highest BCUT2D eigenvalue weighted by atomic mass is 16.5. The number of rotatable bonds is 9. The van der Waals surface area contributed by atoms with Gasteiger partial charge in [-0.2, -0.15) is 0 Å². The van der Waals surface area contributed by atoms with E-state index in [0.29, 0.717) is 17.1 Å². The van der Waals surface area contributed by atoms with Crippen molar-refractivity contribution in [1.82, 2.24) is 0 Å². The second-order valence-corrected chi connectivity index (χ2v) is 6.14. The number of hydrogen-bond donors (Lipinski definition) is 4. The number of aliphatic hydroxyl groups excluding tert-OH is 4. The van der Waals surface area contributed by atoms with E-state index >= 15 is 0 Å². The smallest absolute Gasteiger partial charge is 0.118 e. The molecule has 0 aliphatic rings. The molecule has 0 saturated heterocycles. The van der Waals surface area contributed by atoms with E-state index in [9.17, 15) is 20.4 Å². The molecule has 2 aromatic rings. The van der Waals surface area contributed by atoms with Gasteiger partial charge in [0.05, 0.1) is 33.0 Å².